The first-order valence-corrected chi connectivity index (χ1v) is 8.26. The van der Waals surface area contributed by atoms with Crippen molar-refractivity contribution in [1.29, 1.82) is 0 Å². The zero-order chi connectivity index (χ0) is 18.8. The Kier molecular flexibility index (Phi) is 4.65. The van der Waals surface area contributed by atoms with Crippen LogP contribution >= 0.6 is 11.8 Å². The predicted octanol–water partition coefficient (Wildman–Crippen LogP) is 0.874. The third-order valence-corrected chi connectivity index (χ3v) is 5.09. The number of azide groups is 1. The summed E-state index contributed by atoms with van der Waals surface area (Å²) in [5.41, 5.74) is 8.42. The molecule has 1 saturated heterocycles. The van der Waals surface area contributed by atoms with Gasteiger partial charge in [-0.3, -0.25) is 14.4 Å². The number of fused-ring (bicyclic) bond motifs is 1. The second-order valence-electron chi connectivity index (χ2n) is 5.40. The van der Waals surface area contributed by atoms with E-state index in [0.29, 0.717) is 5.56 Å². The lowest BCUT2D eigenvalue weighted by Crippen LogP contribution is -2.74. The third-order valence-electron chi connectivity index (χ3n) is 3.93. The molecular formula is C15H11N5O5S. The molecule has 0 bridgehead atoms. The summed E-state index contributed by atoms with van der Waals surface area (Å²) >= 11 is 1.01. The fourth-order valence-corrected chi connectivity index (χ4v) is 3.94. The Balaban J connectivity index is 1.81. The van der Waals surface area contributed by atoms with Crippen molar-refractivity contribution in [2.45, 2.75) is 17.5 Å². The van der Waals surface area contributed by atoms with Crippen molar-refractivity contribution in [2.75, 3.05) is 0 Å². The number of carboxylic acid groups (broad SMARTS) is 1. The summed E-state index contributed by atoms with van der Waals surface area (Å²) in [6.45, 7) is 0. The molecule has 1 aromatic carbocycles. The van der Waals surface area contributed by atoms with Crippen LogP contribution in [0.5, 0.6) is 0 Å². The van der Waals surface area contributed by atoms with Crippen LogP contribution in [-0.4, -0.2) is 51.2 Å². The summed E-state index contributed by atoms with van der Waals surface area (Å²) in [6, 6.07) is 5.79. The highest BCUT2D eigenvalue weighted by Gasteiger charge is 2.56. The molecule has 1 fully saturated rings. The largest absolute Gasteiger partial charge is 0.479 e. The van der Waals surface area contributed by atoms with Gasteiger partial charge in [0.1, 0.15) is 11.4 Å². The molecule has 0 radical (unpaired) electrons. The molecule has 2 unspecified atom stereocenters. The number of rotatable bonds is 4. The van der Waals surface area contributed by atoms with Crippen molar-refractivity contribution >= 4 is 35.5 Å². The Morgan fingerprint density at radius 3 is 2.58 bits per heavy atom. The first-order chi connectivity index (χ1) is 12.5. The van der Waals surface area contributed by atoms with Crippen LogP contribution in [0.1, 0.15) is 10.4 Å². The van der Waals surface area contributed by atoms with Gasteiger partial charge in [-0.25, -0.2) is 4.79 Å². The van der Waals surface area contributed by atoms with Crippen LogP contribution < -0.4 is 5.32 Å². The van der Waals surface area contributed by atoms with Gasteiger partial charge in [0, 0.05) is 16.0 Å². The van der Waals surface area contributed by atoms with E-state index in [1.165, 1.54) is 5.41 Å². The van der Waals surface area contributed by atoms with E-state index < -0.39 is 41.1 Å². The second kappa shape index (κ2) is 6.90. The fourth-order valence-electron chi connectivity index (χ4n) is 2.73. The number of β-lactam (4-membered cyclic amide) rings is 1. The van der Waals surface area contributed by atoms with Crippen LogP contribution in [0, 0.1) is 0 Å². The van der Waals surface area contributed by atoms with Gasteiger partial charge in [0.15, 0.2) is 6.04 Å². The number of aliphatic carboxylic acids is 1. The zero-order valence-electron chi connectivity index (χ0n) is 13.0. The van der Waals surface area contributed by atoms with Gasteiger partial charge in [-0.2, -0.15) is 0 Å². The maximum atomic E-state index is 12.4. The Morgan fingerprint density at radius 1 is 1.27 bits per heavy atom. The number of nitrogens with one attached hydrogen (secondary N) is 1. The summed E-state index contributed by atoms with van der Waals surface area (Å²) < 4.78 is 0. The number of hydrogen-bond donors (Lipinski definition) is 2. The van der Waals surface area contributed by atoms with Gasteiger partial charge in [0.25, 0.3) is 5.91 Å². The lowest BCUT2D eigenvalue weighted by Gasteiger charge is -2.51. The van der Waals surface area contributed by atoms with Crippen molar-refractivity contribution in [2.24, 2.45) is 5.11 Å². The maximum Gasteiger partial charge on any atom is 0.331 e. The zero-order valence-corrected chi connectivity index (χ0v) is 13.8. The van der Waals surface area contributed by atoms with Crippen molar-refractivity contribution < 1.29 is 24.3 Å². The van der Waals surface area contributed by atoms with Crippen LogP contribution in [0.15, 0.2) is 46.4 Å². The van der Waals surface area contributed by atoms with Crippen LogP contribution in [-0.2, 0) is 14.4 Å². The minimum Gasteiger partial charge on any atom is -0.479 e. The molecule has 2 aliphatic rings. The van der Waals surface area contributed by atoms with Gasteiger partial charge < -0.3 is 15.3 Å². The quantitative estimate of drug-likeness (QED) is 0.346. The van der Waals surface area contributed by atoms with Crippen molar-refractivity contribution in [3.63, 3.8) is 0 Å². The number of carboxylic acids is 1. The molecule has 2 aliphatic heterocycles. The van der Waals surface area contributed by atoms with E-state index in [4.69, 9.17) is 5.53 Å². The molecule has 26 heavy (non-hydrogen) atoms. The average molecular weight is 373 g/mol. The lowest BCUT2D eigenvalue weighted by molar-refractivity contribution is -0.159. The molecule has 2 heterocycles. The molecule has 2 N–H and O–H groups in total. The molecule has 132 valence electrons. The normalized spacial score (nSPS) is 23.7. The fraction of sp³-hybridized carbons (Fsp3) is 0.200. The molecule has 3 amide bonds. The number of amides is 3. The van der Waals surface area contributed by atoms with E-state index in [9.17, 15) is 24.3 Å². The molecule has 0 aliphatic carbocycles. The number of thioether (sulfide) groups is 1. The van der Waals surface area contributed by atoms with Crippen LogP contribution in [0.3, 0.4) is 0 Å². The Bertz CT molecular complexity index is 880. The monoisotopic (exact) mass is 373 g/mol. The first-order valence-electron chi connectivity index (χ1n) is 7.31. The summed E-state index contributed by atoms with van der Waals surface area (Å²) in [7, 11) is 0. The van der Waals surface area contributed by atoms with Crippen LogP contribution in [0.4, 0.5) is 0 Å². The minimum absolute atomic E-state index is 0.294. The number of carbonyl (C=O) groups is 4. The molecule has 0 aromatic heterocycles. The highest BCUT2D eigenvalue weighted by Crippen LogP contribution is 2.40. The Morgan fingerprint density at radius 2 is 1.96 bits per heavy atom. The van der Waals surface area contributed by atoms with Gasteiger partial charge in [-0.15, -0.1) is 11.8 Å². The molecule has 3 rings (SSSR count). The van der Waals surface area contributed by atoms with Gasteiger partial charge in [-0.05, 0) is 28.2 Å². The van der Waals surface area contributed by atoms with E-state index in [0.717, 1.165) is 16.7 Å². The third kappa shape index (κ3) is 2.89. The molecule has 3 atom stereocenters. The van der Waals surface area contributed by atoms with Crippen molar-refractivity contribution in [1.82, 2.24) is 10.2 Å². The van der Waals surface area contributed by atoms with Crippen LogP contribution in [0.2, 0.25) is 0 Å². The molecule has 11 heteroatoms. The van der Waals surface area contributed by atoms with Gasteiger partial charge in [-0.1, -0.05) is 18.2 Å². The Hall–Kier alpha value is -3.30. The van der Waals surface area contributed by atoms with E-state index in [-0.39, 0.29) is 5.57 Å². The van der Waals surface area contributed by atoms with Crippen molar-refractivity contribution in [3.8, 4) is 0 Å². The number of hydrogen-bond acceptors (Lipinski definition) is 5. The average Bonchev–Trinajstić information content (AvgIpc) is 2.65. The second-order valence-corrected chi connectivity index (χ2v) is 6.39. The predicted molar refractivity (Wildman–Crippen MR) is 89.6 cm³/mol. The number of nitrogens with zero attached hydrogens (tertiary/aromatic N) is 4. The summed E-state index contributed by atoms with van der Waals surface area (Å²) in [5.74, 6) is -3.57. The van der Waals surface area contributed by atoms with E-state index in [2.05, 4.69) is 15.3 Å². The standard InChI is InChI=1S/C15H11N5O5S/c16-19-18-12(22)8-6-26-14-9(13(23)20(14)10(8)15(24)25)17-11(21)7-4-2-1-3-5-7/h1-6,9-10,14H,(H,17,21)(H,24,25)/t9?,10?,14-/m1/s1. The SMILES string of the molecule is [N-]=[N+]=NC(=O)C1=CS[C@@H]2C(NC(=O)c3ccccc3)C(=O)N2C1C(=O)O. The molecule has 0 saturated carbocycles. The van der Waals surface area contributed by atoms with Crippen LogP contribution in [0.25, 0.3) is 10.4 Å². The van der Waals surface area contributed by atoms with E-state index in [1.54, 1.807) is 30.3 Å². The molecule has 1 aromatic rings. The van der Waals surface area contributed by atoms with Gasteiger partial charge in [0.05, 0.1) is 0 Å². The Labute approximate surface area is 150 Å². The number of carbonyl (C=O) groups excluding carboxylic acids is 3. The highest BCUT2D eigenvalue weighted by molar-refractivity contribution is 8.03. The van der Waals surface area contributed by atoms with Gasteiger partial charge >= 0.3 is 5.97 Å². The summed E-state index contributed by atoms with van der Waals surface area (Å²) in [5, 5.41) is 15.4. The van der Waals surface area contributed by atoms with Gasteiger partial charge in [0.2, 0.25) is 11.8 Å². The van der Waals surface area contributed by atoms with Crippen molar-refractivity contribution in [3.05, 3.63) is 57.3 Å². The molecular weight excluding hydrogens is 362 g/mol. The van der Waals surface area contributed by atoms with E-state index >= 15 is 0 Å². The molecule has 10 nitrogen and oxygen atoms in total. The summed E-state index contributed by atoms with van der Waals surface area (Å²) in [6.07, 6.45) is 0. The minimum atomic E-state index is -1.56. The topological polar surface area (TPSA) is 153 Å². The number of benzene rings is 1. The highest BCUT2D eigenvalue weighted by atomic mass is 32.2. The summed E-state index contributed by atoms with van der Waals surface area (Å²) in [4.78, 5) is 51.2. The lowest BCUT2D eigenvalue weighted by atomic mass is 9.97. The smallest absolute Gasteiger partial charge is 0.331 e. The molecule has 0 spiro atoms. The van der Waals surface area contributed by atoms with E-state index in [1.807, 2.05) is 0 Å². The first kappa shape index (κ1) is 17.5. The maximum absolute atomic E-state index is 12.4.